The minimum Gasteiger partial charge on any atom is -0.483 e. The highest BCUT2D eigenvalue weighted by atomic mass is 79.9. The number of halogens is 2. The molecular weight excluding hydrogens is 418 g/mol. The van der Waals surface area contributed by atoms with E-state index >= 15 is 0 Å². The topological polar surface area (TPSA) is 111 Å². The van der Waals surface area contributed by atoms with Gasteiger partial charge in [0.25, 0.3) is 17.5 Å². The molecule has 2 rings (SSSR count). The number of benzene rings is 2. The molecule has 0 saturated carbocycles. The number of amides is 2. The average Bonchev–Trinajstić information content (AvgIpc) is 2.59. The second-order valence-electron chi connectivity index (χ2n) is 4.67. The molecule has 0 atom stereocenters. The average molecular weight is 429 g/mol. The first-order valence-corrected chi connectivity index (χ1v) is 7.95. The van der Waals surface area contributed by atoms with Crippen LogP contribution in [0.1, 0.15) is 10.4 Å². The van der Waals surface area contributed by atoms with Gasteiger partial charge in [0, 0.05) is 22.7 Å². The lowest BCUT2D eigenvalue weighted by Crippen LogP contribution is -2.43. The minimum absolute atomic E-state index is 0.0378. The smallest absolute Gasteiger partial charge is 0.276 e. The molecular formula is C15H11BrClN3O5. The Balaban J connectivity index is 1.86. The standard InChI is InChI=1S/C15H11BrClN3O5/c16-12-7-10(17)4-5-13(12)25-8-14(21)18-19-15(22)9-2-1-3-11(6-9)20(23)24/h1-7H,8H2,(H,18,21)(H,19,22). The lowest BCUT2D eigenvalue weighted by molar-refractivity contribution is -0.384. The number of hydrogen-bond donors (Lipinski definition) is 2. The van der Waals surface area contributed by atoms with Crippen molar-refractivity contribution in [3.05, 3.63) is 67.6 Å². The van der Waals surface area contributed by atoms with Crippen LogP contribution in [0.25, 0.3) is 0 Å². The molecule has 0 saturated heterocycles. The number of carbonyl (C=O) groups is 2. The van der Waals surface area contributed by atoms with Crippen LogP contribution in [0.4, 0.5) is 5.69 Å². The minimum atomic E-state index is -0.690. The Morgan fingerprint density at radius 1 is 1.20 bits per heavy atom. The largest absolute Gasteiger partial charge is 0.483 e. The van der Waals surface area contributed by atoms with E-state index in [9.17, 15) is 19.7 Å². The number of rotatable bonds is 5. The third kappa shape index (κ3) is 5.44. The third-order valence-corrected chi connectivity index (χ3v) is 3.74. The van der Waals surface area contributed by atoms with Gasteiger partial charge in [-0.25, -0.2) is 0 Å². The first-order valence-electron chi connectivity index (χ1n) is 6.78. The Morgan fingerprint density at radius 2 is 1.96 bits per heavy atom. The Kier molecular flexibility index (Phi) is 6.31. The van der Waals surface area contributed by atoms with Crippen molar-refractivity contribution in [3.63, 3.8) is 0 Å². The van der Waals surface area contributed by atoms with Crippen molar-refractivity contribution in [1.82, 2.24) is 10.9 Å². The first kappa shape index (κ1) is 18.7. The normalized spacial score (nSPS) is 10.0. The van der Waals surface area contributed by atoms with E-state index in [4.69, 9.17) is 16.3 Å². The molecule has 10 heteroatoms. The fourth-order valence-electron chi connectivity index (χ4n) is 1.73. The zero-order valence-corrected chi connectivity index (χ0v) is 14.8. The van der Waals surface area contributed by atoms with Crippen LogP contribution >= 0.6 is 27.5 Å². The molecule has 2 N–H and O–H groups in total. The van der Waals surface area contributed by atoms with Gasteiger partial charge in [0.2, 0.25) is 0 Å². The third-order valence-electron chi connectivity index (χ3n) is 2.89. The summed E-state index contributed by atoms with van der Waals surface area (Å²) in [6.07, 6.45) is 0. The first-order chi connectivity index (χ1) is 11.9. The number of non-ortho nitro benzene ring substituents is 1. The number of nitro groups is 1. The van der Waals surface area contributed by atoms with Crippen molar-refractivity contribution in [2.45, 2.75) is 0 Å². The second kappa shape index (κ2) is 8.45. The molecule has 0 aromatic heterocycles. The molecule has 0 unspecified atom stereocenters. The second-order valence-corrected chi connectivity index (χ2v) is 5.96. The number of ether oxygens (including phenoxy) is 1. The van der Waals surface area contributed by atoms with E-state index in [0.29, 0.717) is 15.2 Å². The predicted octanol–water partition coefficient (Wildman–Crippen LogP) is 2.85. The van der Waals surface area contributed by atoms with Gasteiger partial charge >= 0.3 is 0 Å². The summed E-state index contributed by atoms with van der Waals surface area (Å²) in [5, 5.41) is 11.2. The fourth-order valence-corrected chi connectivity index (χ4v) is 2.53. The molecule has 130 valence electrons. The molecule has 0 aliphatic heterocycles. The summed E-state index contributed by atoms with van der Waals surface area (Å²) in [6.45, 7) is -0.352. The van der Waals surface area contributed by atoms with Crippen molar-refractivity contribution in [2.75, 3.05) is 6.61 Å². The number of nitrogens with zero attached hydrogens (tertiary/aromatic N) is 1. The molecule has 2 amide bonds. The molecule has 0 radical (unpaired) electrons. The molecule has 0 heterocycles. The molecule has 0 fully saturated rings. The highest BCUT2D eigenvalue weighted by molar-refractivity contribution is 9.10. The lowest BCUT2D eigenvalue weighted by atomic mass is 10.2. The summed E-state index contributed by atoms with van der Waals surface area (Å²) < 4.78 is 5.86. The summed E-state index contributed by atoms with van der Waals surface area (Å²) >= 11 is 9.04. The van der Waals surface area contributed by atoms with Crippen LogP contribution < -0.4 is 15.6 Å². The predicted molar refractivity (Wildman–Crippen MR) is 93.4 cm³/mol. The van der Waals surface area contributed by atoms with Gasteiger partial charge in [0.05, 0.1) is 9.40 Å². The zero-order valence-electron chi connectivity index (χ0n) is 12.5. The summed E-state index contributed by atoms with van der Waals surface area (Å²) in [4.78, 5) is 33.7. The quantitative estimate of drug-likeness (QED) is 0.562. The molecule has 8 nitrogen and oxygen atoms in total. The number of nitro benzene ring substituents is 1. The number of carbonyl (C=O) groups excluding carboxylic acids is 2. The summed E-state index contributed by atoms with van der Waals surface area (Å²) in [5.74, 6) is -0.894. The molecule has 0 spiro atoms. The fraction of sp³-hybridized carbons (Fsp3) is 0.0667. The van der Waals surface area contributed by atoms with Crippen molar-refractivity contribution in [3.8, 4) is 5.75 Å². The maximum atomic E-state index is 11.9. The van der Waals surface area contributed by atoms with Gasteiger partial charge in [0.15, 0.2) is 6.61 Å². The monoisotopic (exact) mass is 427 g/mol. The van der Waals surface area contributed by atoms with Gasteiger partial charge in [-0.15, -0.1) is 0 Å². The van der Waals surface area contributed by atoms with Crippen molar-refractivity contribution >= 4 is 45.0 Å². The van der Waals surface area contributed by atoms with E-state index < -0.39 is 16.7 Å². The van der Waals surface area contributed by atoms with E-state index in [-0.39, 0.29) is 17.9 Å². The van der Waals surface area contributed by atoms with Gasteiger partial charge in [0.1, 0.15) is 5.75 Å². The van der Waals surface area contributed by atoms with Gasteiger partial charge in [-0.3, -0.25) is 30.6 Å². The van der Waals surface area contributed by atoms with Crippen LogP contribution in [0.5, 0.6) is 5.75 Å². The Morgan fingerprint density at radius 3 is 2.64 bits per heavy atom. The Bertz CT molecular complexity index is 831. The number of hydrogen-bond acceptors (Lipinski definition) is 5. The van der Waals surface area contributed by atoms with Crippen LogP contribution in [0.2, 0.25) is 5.02 Å². The van der Waals surface area contributed by atoms with E-state index in [1.54, 1.807) is 18.2 Å². The van der Waals surface area contributed by atoms with E-state index in [1.807, 2.05) is 0 Å². The maximum absolute atomic E-state index is 11.9. The van der Waals surface area contributed by atoms with Gasteiger partial charge in [-0.05, 0) is 40.2 Å². The summed E-state index contributed by atoms with van der Waals surface area (Å²) in [6, 6.07) is 9.91. The summed E-state index contributed by atoms with van der Waals surface area (Å²) in [5.41, 5.74) is 4.12. The SMILES string of the molecule is O=C(COc1ccc(Cl)cc1Br)NNC(=O)c1cccc([N+](=O)[O-])c1. The summed E-state index contributed by atoms with van der Waals surface area (Å²) in [7, 11) is 0. The highest BCUT2D eigenvalue weighted by Gasteiger charge is 2.12. The lowest BCUT2D eigenvalue weighted by Gasteiger charge is -2.10. The Hall–Kier alpha value is -2.65. The van der Waals surface area contributed by atoms with Crippen LogP contribution in [-0.2, 0) is 4.79 Å². The van der Waals surface area contributed by atoms with Gasteiger partial charge < -0.3 is 4.74 Å². The van der Waals surface area contributed by atoms with Crippen LogP contribution in [0.3, 0.4) is 0 Å². The molecule has 0 bridgehead atoms. The highest BCUT2D eigenvalue weighted by Crippen LogP contribution is 2.27. The van der Waals surface area contributed by atoms with Crippen LogP contribution in [-0.4, -0.2) is 23.3 Å². The van der Waals surface area contributed by atoms with Crippen molar-refractivity contribution in [1.29, 1.82) is 0 Å². The van der Waals surface area contributed by atoms with Crippen molar-refractivity contribution in [2.24, 2.45) is 0 Å². The van der Waals surface area contributed by atoms with Crippen LogP contribution in [0, 0.1) is 10.1 Å². The molecule has 0 aliphatic rings. The van der Waals surface area contributed by atoms with Crippen LogP contribution in [0.15, 0.2) is 46.9 Å². The Labute approximate surface area is 155 Å². The molecule has 2 aromatic carbocycles. The van der Waals surface area contributed by atoms with E-state index in [1.165, 1.54) is 18.2 Å². The van der Waals surface area contributed by atoms with Gasteiger partial charge in [-0.1, -0.05) is 17.7 Å². The number of hydrazine groups is 1. The maximum Gasteiger partial charge on any atom is 0.276 e. The molecule has 2 aromatic rings. The number of nitrogens with one attached hydrogen (secondary N) is 2. The van der Waals surface area contributed by atoms with Crippen molar-refractivity contribution < 1.29 is 19.2 Å². The molecule has 25 heavy (non-hydrogen) atoms. The zero-order chi connectivity index (χ0) is 18.4. The van der Waals surface area contributed by atoms with Gasteiger partial charge in [-0.2, -0.15) is 0 Å². The van der Waals surface area contributed by atoms with E-state index in [2.05, 4.69) is 26.8 Å². The molecule has 0 aliphatic carbocycles. The van der Waals surface area contributed by atoms with E-state index in [0.717, 1.165) is 6.07 Å².